The fourth-order valence-electron chi connectivity index (χ4n) is 5.84. The Kier molecular flexibility index (Phi) is 7.33. The lowest BCUT2D eigenvalue weighted by molar-refractivity contribution is -0.138. The van der Waals surface area contributed by atoms with Crippen molar-refractivity contribution in [1.29, 1.82) is 0 Å². The molecule has 0 unspecified atom stereocenters. The van der Waals surface area contributed by atoms with Crippen molar-refractivity contribution < 1.29 is 14.4 Å². The summed E-state index contributed by atoms with van der Waals surface area (Å²) in [5.74, 6) is 0.238. The summed E-state index contributed by atoms with van der Waals surface area (Å²) in [6.07, 6.45) is 6.45. The molecule has 1 aliphatic carbocycles. The van der Waals surface area contributed by atoms with Crippen molar-refractivity contribution in [1.82, 2.24) is 34.9 Å². The fraction of sp³-hybridized carbons (Fsp3) is 0.323. The van der Waals surface area contributed by atoms with Gasteiger partial charge in [0.05, 0.1) is 5.52 Å². The smallest absolute Gasteiger partial charge is 0.272 e. The van der Waals surface area contributed by atoms with Crippen LogP contribution in [0.1, 0.15) is 41.6 Å². The molecule has 3 aromatic heterocycles. The molecule has 220 valence electrons. The maximum atomic E-state index is 13.9. The van der Waals surface area contributed by atoms with E-state index in [-0.39, 0.29) is 48.0 Å². The van der Waals surface area contributed by atoms with Gasteiger partial charge in [-0.05, 0) is 77.4 Å². The Hall–Kier alpha value is -4.45. The second-order valence-corrected chi connectivity index (χ2v) is 12.3. The van der Waals surface area contributed by atoms with Crippen LogP contribution in [-0.4, -0.2) is 66.0 Å². The average molecular weight is 644 g/mol. The van der Waals surface area contributed by atoms with Gasteiger partial charge in [-0.3, -0.25) is 19.1 Å². The van der Waals surface area contributed by atoms with E-state index in [4.69, 9.17) is 0 Å². The number of benzene rings is 1. The number of anilines is 1. The van der Waals surface area contributed by atoms with Gasteiger partial charge in [-0.1, -0.05) is 25.1 Å². The van der Waals surface area contributed by atoms with E-state index >= 15 is 0 Å². The van der Waals surface area contributed by atoms with Crippen molar-refractivity contribution in [2.24, 2.45) is 5.41 Å². The molecule has 3 atom stereocenters. The highest BCUT2D eigenvalue weighted by atomic mass is 79.9. The molecule has 4 aromatic rings. The number of aryl methyl sites for hydroxylation is 2. The number of nitrogens with one attached hydrogen (secondary N) is 2. The first-order valence-electron chi connectivity index (χ1n) is 14.0. The van der Waals surface area contributed by atoms with Gasteiger partial charge in [0.2, 0.25) is 11.8 Å². The van der Waals surface area contributed by atoms with Gasteiger partial charge in [0.15, 0.2) is 5.69 Å². The Balaban J connectivity index is 1.31. The van der Waals surface area contributed by atoms with Crippen LogP contribution < -0.4 is 10.6 Å². The lowest BCUT2D eigenvalue weighted by Gasteiger charge is -2.27. The summed E-state index contributed by atoms with van der Waals surface area (Å²) in [4.78, 5) is 55.2. The highest BCUT2D eigenvalue weighted by Gasteiger charge is 2.64. The number of hydrogen-bond donors (Lipinski definition) is 2. The fourth-order valence-corrected chi connectivity index (χ4v) is 6.15. The number of amides is 3. The van der Waals surface area contributed by atoms with Crippen LogP contribution in [0.4, 0.5) is 5.82 Å². The number of rotatable bonds is 8. The van der Waals surface area contributed by atoms with Crippen molar-refractivity contribution >= 4 is 50.4 Å². The Bertz CT molecular complexity index is 1790. The molecule has 11 nitrogen and oxygen atoms in total. The topological polar surface area (TPSA) is 135 Å². The molecule has 4 heterocycles. The number of halogens is 1. The van der Waals surface area contributed by atoms with Crippen LogP contribution in [0, 0.1) is 19.3 Å². The summed E-state index contributed by atoms with van der Waals surface area (Å²) in [5, 5.41) is 10.9. The molecule has 12 heteroatoms. The van der Waals surface area contributed by atoms with E-state index in [1.807, 2.05) is 44.2 Å². The predicted octanol–water partition coefficient (Wildman–Crippen LogP) is 4.20. The molecule has 1 aliphatic heterocycles. The quantitative estimate of drug-likeness (QED) is 0.217. The number of aromatic nitrogens is 5. The van der Waals surface area contributed by atoms with Crippen molar-refractivity contribution in [3.05, 3.63) is 77.1 Å². The monoisotopic (exact) mass is 642 g/mol. The largest absolute Gasteiger partial charge is 0.347 e. The van der Waals surface area contributed by atoms with Gasteiger partial charge in [-0.15, -0.1) is 6.58 Å². The van der Waals surface area contributed by atoms with E-state index < -0.39 is 6.04 Å². The minimum Gasteiger partial charge on any atom is -0.347 e. The Morgan fingerprint density at radius 2 is 1.88 bits per heavy atom. The minimum absolute atomic E-state index is 0.0300. The molecule has 0 spiro atoms. The summed E-state index contributed by atoms with van der Waals surface area (Å²) >= 11 is 3.36. The average Bonchev–Trinajstić information content (AvgIpc) is 3.35. The number of nitrogens with zero attached hydrogens (tertiary/aromatic N) is 6. The molecule has 2 aliphatic rings. The van der Waals surface area contributed by atoms with E-state index in [0.29, 0.717) is 33.6 Å². The first kappa shape index (κ1) is 28.7. The third kappa shape index (κ3) is 5.42. The van der Waals surface area contributed by atoms with Gasteiger partial charge in [0.1, 0.15) is 28.8 Å². The van der Waals surface area contributed by atoms with Crippen LogP contribution in [0.2, 0.25) is 0 Å². The van der Waals surface area contributed by atoms with Crippen molar-refractivity contribution in [2.75, 3.05) is 11.9 Å². The van der Waals surface area contributed by atoms with E-state index in [2.05, 4.69) is 60.1 Å². The molecule has 2 fully saturated rings. The van der Waals surface area contributed by atoms with Crippen molar-refractivity contribution in [3.8, 4) is 11.1 Å². The number of fused-ring (bicyclic) bond motifs is 2. The van der Waals surface area contributed by atoms with E-state index in [0.717, 1.165) is 23.1 Å². The normalized spacial score (nSPS) is 20.5. The van der Waals surface area contributed by atoms with Gasteiger partial charge >= 0.3 is 0 Å². The summed E-state index contributed by atoms with van der Waals surface area (Å²) in [5.41, 5.74) is 3.15. The maximum Gasteiger partial charge on any atom is 0.272 e. The zero-order chi connectivity index (χ0) is 30.5. The summed E-state index contributed by atoms with van der Waals surface area (Å²) in [6.45, 7) is 9.61. The molecule has 2 N–H and O–H groups in total. The molecular weight excluding hydrogens is 612 g/mol. The lowest BCUT2D eigenvalue weighted by Crippen LogP contribution is -2.47. The third-order valence-electron chi connectivity index (χ3n) is 8.30. The van der Waals surface area contributed by atoms with Crippen molar-refractivity contribution in [3.63, 3.8) is 0 Å². The van der Waals surface area contributed by atoms with Gasteiger partial charge in [-0.25, -0.2) is 15.0 Å². The number of likely N-dealkylation sites (tertiary alicyclic amines) is 1. The molecule has 1 saturated carbocycles. The van der Waals surface area contributed by atoms with Gasteiger partial charge in [0.25, 0.3) is 5.91 Å². The SMILES string of the molecule is C=CCNC(=O)c1nn(CC(=O)N2[C@H](C(=O)Nc3nc(Br)ccc3C)C[C@@]3(C)C[C@@H]23)c2ccc(-c3cnc(C)nc3)cc12. The Morgan fingerprint density at radius 3 is 2.63 bits per heavy atom. The second-order valence-electron chi connectivity index (χ2n) is 11.4. The zero-order valence-electron chi connectivity index (χ0n) is 24.1. The van der Waals surface area contributed by atoms with Crippen LogP contribution >= 0.6 is 15.9 Å². The minimum atomic E-state index is -0.637. The van der Waals surface area contributed by atoms with Gasteiger partial charge < -0.3 is 15.5 Å². The highest BCUT2D eigenvalue weighted by molar-refractivity contribution is 9.10. The van der Waals surface area contributed by atoms with Crippen LogP contribution in [0.3, 0.4) is 0 Å². The number of hydrogen-bond acceptors (Lipinski definition) is 7. The van der Waals surface area contributed by atoms with Crippen LogP contribution in [0.25, 0.3) is 22.0 Å². The summed E-state index contributed by atoms with van der Waals surface area (Å²) in [6, 6.07) is 8.60. The number of carbonyl (C=O) groups excluding carboxylic acids is 3. The Labute approximate surface area is 256 Å². The van der Waals surface area contributed by atoms with Crippen molar-refractivity contribution in [2.45, 2.75) is 52.2 Å². The molecule has 0 radical (unpaired) electrons. The zero-order valence-corrected chi connectivity index (χ0v) is 25.7. The van der Waals surface area contributed by atoms with Gasteiger partial charge in [0, 0.05) is 35.9 Å². The number of piperidine rings is 1. The summed E-state index contributed by atoms with van der Waals surface area (Å²) in [7, 11) is 0. The molecule has 6 rings (SSSR count). The van der Waals surface area contributed by atoms with E-state index in [1.165, 1.54) is 0 Å². The van der Waals surface area contributed by atoms with Crippen LogP contribution in [0.5, 0.6) is 0 Å². The first-order chi connectivity index (χ1) is 20.6. The Morgan fingerprint density at radius 1 is 1.12 bits per heavy atom. The second kappa shape index (κ2) is 11.0. The molecule has 1 aromatic carbocycles. The number of pyridine rings is 1. The lowest BCUT2D eigenvalue weighted by atomic mass is 10.0. The van der Waals surface area contributed by atoms with E-state index in [9.17, 15) is 14.4 Å². The van der Waals surface area contributed by atoms with Crippen LogP contribution in [-0.2, 0) is 16.1 Å². The standard InChI is InChI=1S/C31H31BrN8O3/c1-5-10-33-30(43)27-21-11-19(20-14-34-18(3)35-15-20)7-8-22(21)39(38-27)16-26(41)40-23(12-31(4)13-24(31)40)29(42)37-28-17(2)6-9-25(32)36-28/h5-9,11,14-15,23-24H,1,10,12-13,16H2,2-4H3,(H,33,43)(H,36,37,42)/t23-,24+,31-/m0/s1. The number of carbonyl (C=O) groups is 3. The molecule has 1 saturated heterocycles. The molecule has 0 bridgehead atoms. The van der Waals surface area contributed by atoms with Gasteiger partial charge in [-0.2, -0.15) is 5.10 Å². The first-order valence-corrected chi connectivity index (χ1v) is 14.8. The highest BCUT2D eigenvalue weighted by Crippen LogP contribution is 2.59. The maximum absolute atomic E-state index is 13.9. The molecule has 43 heavy (non-hydrogen) atoms. The molecule has 3 amide bonds. The molecular formula is C31H31BrN8O3. The predicted molar refractivity (Wildman–Crippen MR) is 165 cm³/mol. The van der Waals surface area contributed by atoms with E-state index in [1.54, 1.807) is 28.1 Å². The third-order valence-corrected chi connectivity index (χ3v) is 8.74. The van der Waals surface area contributed by atoms with Crippen LogP contribution in [0.15, 0.2) is 60.0 Å². The summed E-state index contributed by atoms with van der Waals surface area (Å²) < 4.78 is 2.15.